The Balaban J connectivity index is 0.000000345. The molecule has 45 heavy (non-hydrogen) atoms. The molecule has 0 nitrogen and oxygen atoms in total. The van der Waals surface area contributed by atoms with Crippen LogP contribution in [0, 0.1) is 13.5 Å². The van der Waals surface area contributed by atoms with Gasteiger partial charge in [-0.2, -0.15) is 48.5 Å². The van der Waals surface area contributed by atoms with E-state index >= 15 is 0 Å². The zero-order chi connectivity index (χ0) is 29.6. The van der Waals surface area contributed by atoms with Crippen molar-refractivity contribution in [3.05, 3.63) is 176 Å². The van der Waals surface area contributed by atoms with Crippen LogP contribution in [-0.4, -0.2) is 6.88 Å². The second kappa shape index (κ2) is 21.7. The Hall–Kier alpha value is -3.00. The molecule has 0 heterocycles. The molecule has 7 aromatic rings. The maximum atomic E-state index is 3.06. The molecule has 0 bridgehead atoms. The van der Waals surface area contributed by atoms with E-state index in [1.54, 1.807) is 0 Å². The number of fused-ring (bicyclic) bond motifs is 2. The number of hydrogen-bond donors (Lipinski definition) is 0. The largest absolute Gasteiger partial charge is 0.184 e. The molecule has 0 saturated heterocycles. The Morgan fingerprint density at radius 2 is 0.911 bits per heavy atom. The molecule has 0 aromatic heterocycles. The van der Waals surface area contributed by atoms with Crippen molar-refractivity contribution >= 4 is 53.2 Å². The first kappa shape index (κ1) is 40.0. The molecule has 0 unspecified atom stereocenters. The van der Waals surface area contributed by atoms with E-state index in [1.807, 2.05) is 30.3 Å². The van der Waals surface area contributed by atoms with E-state index < -0.39 is 0 Å². The minimum Gasteiger partial charge on any atom is -0.184 e. The number of benzene rings is 5. The Kier molecular flexibility index (Phi) is 19.3. The van der Waals surface area contributed by atoms with Crippen molar-refractivity contribution in [2.45, 2.75) is 26.7 Å². The zero-order valence-corrected chi connectivity index (χ0v) is 31.3. The predicted octanol–water partition coefficient (Wildman–Crippen LogP) is 12.0. The van der Waals surface area contributed by atoms with Gasteiger partial charge in [-0.1, -0.05) is 97.8 Å². The topological polar surface area (TPSA) is 0 Å². The fourth-order valence-electron chi connectivity index (χ4n) is 5.08. The van der Waals surface area contributed by atoms with Gasteiger partial charge >= 0.3 is 30.2 Å². The molecule has 0 N–H and O–H groups in total. The summed E-state index contributed by atoms with van der Waals surface area (Å²) in [5.41, 5.74) is 8.11. The summed E-state index contributed by atoms with van der Waals surface area (Å²) in [5, 5.41) is 5.44. The fraction of sp³-hybridized carbons (Fsp3) is 0.0976. The number of halogens is 2. The maximum Gasteiger partial charge on any atom is -0.171 e. The van der Waals surface area contributed by atoms with E-state index in [1.165, 1.54) is 78.3 Å². The molecule has 7 aromatic carbocycles. The minimum absolute atomic E-state index is 0. The van der Waals surface area contributed by atoms with Crippen molar-refractivity contribution in [1.29, 1.82) is 0 Å². The van der Waals surface area contributed by atoms with Gasteiger partial charge in [0.15, 0.2) is 0 Å². The van der Waals surface area contributed by atoms with E-state index in [2.05, 4.69) is 148 Å². The van der Waals surface area contributed by atoms with Gasteiger partial charge in [0.25, 0.3) is 0 Å². The van der Waals surface area contributed by atoms with Crippen LogP contribution >= 0.6 is 24.8 Å². The molecule has 0 atom stereocenters. The van der Waals surface area contributed by atoms with Crippen molar-refractivity contribution in [2.75, 3.05) is 0 Å². The van der Waals surface area contributed by atoms with E-state index in [-0.39, 0.29) is 32.2 Å². The Labute approximate surface area is 299 Å². The van der Waals surface area contributed by atoms with Crippen molar-refractivity contribution in [1.82, 2.24) is 0 Å². The van der Waals surface area contributed by atoms with Crippen molar-refractivity contribution < 1.29 is 23.3 Å². The van der Waals surface area contributed by atoms with Gasteiger partial charge in [-0.3, -0.25) is 0 Å². The van der Waals surface area contributed by atoms with Crippen molar-refractivity contribution in [2.24, 2.45) is 0 Å². The SMILES string of the molecule is CCc1cc2c(-c3ccccc3)cccc2[cH-]1.CCc1cc2c(-c3ccccc3)cccc2[cH-]1.Cl.Cl.[CH3-].[Si]=[Zr].[c-]1ccccc1. The molecular weight excluding hydrogens is 683 g/mol. The summed E-state index contributed by atoms with van der Waals surface area (Å²) < 4.78 is 0. The van der Waals surface area contributed by atoms with Crippen LogP contribution in [0.1, 0.15) is 25.0 Å². The molecule has 2 radical (unpaired) electrons. The van der Waals surface area contributed by atoms with Gasteiger partial charge in [0.05, 0.1) is 0 Å². The third kappa shape index (κ3) is 11.1. The number of hydrogen-bond acceptors (Lipinski definition) is 0. The van der Waals surface area contributed by atoms with Crippen LogP contribution in [0.5, 0.6) is 0 Å². The summed E-state index contributed by atoms with van der Waals surface area (Å²) in [6, 6.07) is 56.0. The summed E-state index contributed by atoms with van der Waals surface area (Å²) in [4.78, 5) is 0. The second-order valence-corrected chi connectivity index (χ2v) is 9.86. The number of rotatable bonds is 4. The summed E-state index contributed by atoms with van der Waals surface area (Å²) in [7, 11) is 0. The van der Waals surface area contributed by atoms with Gasteiger partial charge in [0, 0.05) is 0 Å². The molecule has 0 fully saturated rings. The van der Waals surface area contributed by atoms with Gasteiger partial charge in [0.1, 0.15) is 0 Å². The molecule has 0 spiro atoms. The third-order valence-corrected chi connectivity index (χ3v) is 7.21. The van der Waals surface area contributed by atoms with E-state index in [0.29, 0.717) is 0 Å². The van der Waals surface area contributed by atoms with Gasteiger partial charge in [-0.05, 0) is 24.0 Å². The summed E-state index contributed by atoms with van der Waals surface area (Å²) in [6.07, 6.45) is 2.20. The average molecular weight is 723 g/mol. The molecular formula is C41H40Cl2SiZr-4. The van der Waals surface area contributed by atoms with Crippen molar-refractivity contribution in [3.63, 3.8) is 0 Å². The molecule has 0 aliphatic heterocycles. The van der Waals surface area contributed by atoms with Crippen LogP contribution in [0.3, 0.4) is 0 Å². The quantitative estimate of drug-likeness (QED) is 0.125. The maximum absolute atomic E-state index is 3.06. The van der Waals surface area contributed by atoms with Crippen LogP contribution in [0.25, 0.3) is 43.8 Å². The van der Waals surface area contributed by atoms with Crippen molar-refractivity contribution in [3.8, 4) is 22.3 Å². The van der Waals surface area contributed by atoms with Crippen LogP contribution < -0.4 is 0 Å². The van der Waals surface area contributed by atoms with Crippen LogP contribution in [0.2, 0.25) is 0 Å². The van der Waals surface area contributed by atoms with Crippen LogP contribution in [-0.2, 0) is 36.2 Å². The minimum atomic E-state index is 0. The molecule has 4 heteroatoms. The normalized spacial score (nSPS) is 9.36. The smallest absolute Gasteiger partial charge is 0.171 e. The first-order chi connectivity index (χ1) is 20.8. The van der Waals surface area contributed by atoms with Gasteiger partial charge in [-0.15, -0.1) is 93.9 Å². The molecule has 0 aliphatic carbocycles. The molecule has 0 amide bonds. The summed E-state index contributed by atoms with van der Waals surface area (Å²) >= 11 is 1.36. The first-order valence-electron chi connectivity index (χ1n) is 14.4. The average Bonchev–Trinajstić information content (AvgIpc) is 3.72. The fourth-order valence-corrected chi connectivity index (χ4v) is 5.08. The molecule has 0 saturated carbocycles. The molecule has 230 valence electrons. The Morgan fingerprint density at radius 1 is 0.533 bits per heavy atom. The van der Waals surface area contributed by atoms with Crippen LogP contribution in [0.15, 0.2) is 152 Å². The number of aryl methyl sites for hydroxylation is 2. The van der Waals surface area contributed by atoms with Crippen LogP contribution in [0.4, 0.5) is 0 Å². The molecule has 7 rings (SSSR count). The van der Waals surface area contributed by atoms with Gasteiger partial charge in [0.2, 0.25) is 0 Å². The summed E-state index contributed by atoms with van der Waals surface area (Å²) in [6.45, 7) is 7.47. The second-order valence-electron chi connectivity index (χ2n) is 9.86. The summed E-state index contributed by atoms with van der Waals surface area (Å²) in [5.74, 6) is 0. The van der Waals surface area contributed by atoms with E-state index in [4.69, 9.17) is 0 Å². The van der Waals surface area contributed by atoms with Gasteiger partial charge in [-0.25, -0.2) is 0 Å². The van der Waals surface area contributed by atoms with E-state index in [9.17, 15) is 0 Å². The van der Waals surface area contributed by atoms with Gasteiger partial charge < -0.3 is 7.43 Å². The van der Waals surface area contributed by atoms with E-state index in [0.717, 1.165) is 12.8 Å². The Bertz CT molecular complexity index is 1630. The predicted molar refractivity (Wildman–Crippen MR) is 201 cm³/mol. The zero-order valence-electron chi connectivity index (χ0n) is 26.2. The Morgan fingerprint density at radius 3 is 1.22 bits per heavy atom. The monoisotopic (exact) mass is 720 g/mol. The first-order valence-corrected chi connectivity index (χ1v) is 18.6. The standard InChI is InChI=1S/2C17H15.C6H5.CH3.2ClH.Si.Zr/c2*1-2-13-11-15-9-6-10-16(17(15)12-13)14-7-4-3-5-8-14;1-2-4-6-5-3-1;;;;;/h2*3-12H,2H2,1H3;1-5H;1H3;2*1H;;/q4*-1;;;;. The molecule has 0 aliphatic rings. The third-order valence-electron chi connectivity index (χ3n) is 7.21.